The van der Waals surface area contributed by atoms with E-state index < -0.39 is 0 Å². The zero-order valence-electron chi connectivity index (χ0n) is 10.9. The number of hydrogen-bond acceptors (Lipinski definition) is 5. The third-order valence-electron chi connectivity index (χ3n) is 3.20. The van der Waals surface area contributed by atoms with Gasteiger partial charge in [0.2, 0.25) is 0 Å². The van der Waals surface area contributed by atoms with Gasteiger partial charge < -0.3 is 9.73 Å². The minimum atomic E-state index is -0.0615. The smallest absolute Gasteiger partial charge is 0.261 e. The van der Waals surface area contributed by atoms with Crippen LogP contribution in [0.1, 0.15) is 15.4 Å². The van der Waals surface area contributed by atoms with Crippen molar-refractivity contribution >= 4 is 43.9 Å². The van der Waals surface area contributed by atoms with E-state index in [-0.39, 0.29) is 5.91 Å². The number of carbonyl (C=O) groups is 1. The first-order chi connectivity index (χ1) is 10.3. The Kier molecular flexibility index (Phi) is 3.01. The molecule has 1 N–H and O–H groups in total. The number of nitrogens with zero attached hydrogens (tertiary/aromatic N) is 2. The average Bonchev–Trinajstić information content (AvgIpc) is 3.19. The lowest BCUT2D eigenvalue weighted by Crippen LogP contribution is -2.24. The summed E-state index contributed by atoms with van der Waals surface area (Å²) in [6.45, 7) is 0.558. The second-order valence-corrected chi connectivity index (χ2v) is 6.46. The Balaban J connectivity index is 1.49. The number of furan rings is 1. The molecule has 0 atom stereocenters. The highest BCUT2D eigenvalue weighted by Gasteiger charge is 2.14. The Morgan fingerprint density at radius 1 is 1.48 bits per heavy atom. The lowest BCUT2D eigenvalue weighted by Gasteiger charge is -2.01. The summed E-state index contributed by atoms with van der Waals surface area (Å²) in [5.74, 6) is 0.811. The number of thiazole rings is 1. The molecule has 4 aromatic rings. The van der Waals surface area contributed by atoms with E-state index in [1.807, 2.05) is 34.2 Å². The standard InChI is InChI=1S/C14H11N3O2S2/c18-12(15-4-3-9-2-1-6-19-9)11-8-10-13(21-11)16-14-17(10)5-7-20-14/h1-2,5-8H,3-4H2,(H,15,18). The number of carbonyl (C=O) groups excluding carboxylic acids is 1. The molecule has 4 heterocycles. The first-order valence-electron chi connectivity index (χ1n) is 6.47. The Labute approximate surface area is 127 Å². The van der Waals surface area contributed by atoms with Gasteiger partial charge in [-0.3, -0.25) is 9.20 Å². The van der Waals surface area contributed by atoms with Crippen LogP contribution in [0.4, 0.5) is 0 Å². The van der Waals surface area contributed by atoms with Crippen molar-refractivity contribution in [2.24, 2.45) is 0 Å². The molecule has 0 radical (unpaired) electrons. The van der Waals surface area contributed by atoms with Crippen LogP contribution in [0.3, 0.4) is 0 Å². The second-order valence-electron chi connectivity index (χ2n) is 4.55. The topological polar surface area (TPSA) is 59.5 Å². The molecule has 4 rings (SSSR count). The number of imidazole rings is 1. The van der Waals surface area contributed by atoms with Gasteiger partial charge in [-0.25, -0.2) is 4.98 Å². The molecule has 0 saturated carbocycles. The van der Waals surface area contributed by atoms with Crippen molar-refractivity contribution in [2.75, 3.05) is 6.54 Å². The van der Waals surface area contributed by atoms with E-state index in [4.69, 9.17) is 4.42 Å². The maximum absolute atomic E-state index is 12.1. The Bertz CT molecular complexity index is 901. The number of thiophene rings is 1. The summed E-state index contributed by atoms with van der Waals surface area (Å²) in [5.41, 5.74) is 0.993. The van der Waals surface area contributed by atoms with Gasteiger partial charge in [0, 0.05) is 24.5 Å². The minimum absolute atomic E-state index is 0.0615. The van der Waals surface area contributed by atoms with Gasteiger partial charge in [0.05, 0.1) is 16.7 Å². The maximum Gasteiger partial charge on any atom is 0.261 e. The highest BCUT2D eigenvalue weighted by atomic mass is 32.1. The molecule has 5 nitrogen and oxygen atoms in total. The SMILES string of the molecule is O=C(NCCc1ccco1)c1cc2c(nc3sccn32)s1. The molecule has 1 amide bonds. The lowest BCUT2D eigenvalue weighted by molar-refractivity contribution is 0.0958. The Hall–Kier alpha value is -2.12. The molecule has 0 unspecified atom stereocenters. The van der Waals surface area contributed by atoms with Gasteiger partial charge in [-0.15, -0.1) is 22.7 Å². The molecule has 0 spiro atoms. The lowest BCUT2D eigenvalue weighted by atomic mass is 10.3. The van der Waals surface area contributed by atoms with E-state index in [9.17, 15) is 4.79 Å². The monoisotopic (exact) mass is 317 g/mol. The minimum Gasteiger partial charge on any atom is -0.469 e. The van der Waals surface area contributed by atoms with Crippen molar-refractivity contribution in [3.63, 3.8) is 0 Å². The van der Waals surface area contributed by atoms with Crippen LogP contribution < -0.4 is 5.32 Å². The molecular formula is C14H11N3O2S2. The summed E-state index contributed by atoms with van der Waals surface area (Å²) in [7, 11) is 0. The van der Waals surface area contributed by atoms with Crippen LogP contribution in [0.15, 0.2) is 40.5 Å². The van der Waals surface area contributed by atoms with Crippen LogP contribution in [0.2, 0.25) is 0 Å². The number of fused-ring (bicyclic) bond motifs is 3. The van der Waals surface area contributed by atoms with Crippen LogP contribution in [-0.4, -0.2) is 21.8 Å². The Morgan fingerprint density at radius 2 is 2.43 bits per heavy atom. The van der Waals surface area contributed by atoms with Gasteiger partial charge in [-0.05, 0) is 18.2 Å². The van der Waals surface area contributed by atoms with Crippen LogP contribution in [-0.2, 0) is 6.42 Å². The van der Waals surface area contributed by atoms with Gasteiger partial charge in [0.15, 0.2) is 4.96 Å². The third-order valence-corrected chi connectivity index (χ3v) is 4.97. The summed E-state index contributed by atoms with van der Waals surface area (Å²) >= 11 is 3.01. The molecule has 4 aromatic heterocycles. The highest BCUT2D eigenvalue weighted by Crippen LogP contribution is 2.28. The van der Waals surface area contributed by atoms with Gasteiger partial charge in [0.1, 0.15) is 10.6 Å². The fourth-order valence-electron chi connectivity index (χ4n) is 2.20. The largest absolute Gasteiger partial charge is 0.469 e. The van der Waals surface area contributed by atoms with Crippen LogP contribution in [0.25, 0.3) is 15.3 Å². The van der Waals surface area contributed by atoms with Gasteiger partial charge in [-0.1, -0.05) is 0 Å². The zero-order chi connectivity index (χ0) is 14.2. The molecule has 0 aliphatic heterocycles. The summed E-state index contributed by atoms with van der Waals surface area (Å²) < 4.78 is 7.25. The maximum atomic E-state index is 12.1. The van der Waals surface area contributed by atoms with E-state index in [1.165, 1.54) is 11.3 Å². The summed E-state index contributed by atoms with van der Waals surface area (Å²) in [6.07, 6.45) is 4.30. The number of aromatic nitrogens is 2. The van der Waals surface area contributed by atoms with Crippen molar-refractivity contribution in [3.05, 3.63) is 46.7 Å². The van der Waals surface area contributed by atoms with Crippen molar-refractivity contribution in [3.8, 4) is 0 Å². The molecule has 0 aliphatic rings. The number of amides is 1. The third kappa shape index (κ3) is 2.24. The summed E-state index contributed by atoms with van der Waals surface area (Å²) in [6, 6.07) is 5.65. The second kappa shape index (κ2) is 5.01. The van der Waals surface area contributed by atoms with E-state index in [0.29, 0.717) is 17.8 Å². The van der Waals surface area contributed by atoms with Crippen molar-refractivity contribution in [2.45, 2.75) is 6.42 Å². The molecule has 106 valence electrons. The fraction of sp³-hybridized carbons (Fsp3) is 0.143. The molecular weight excluding hydrogens is 306 g/mol. The Morgan fingerprint density at radius 3 is 3.29 bits per heavy atom. The van der Waals surface area contributed by atoms with E-state index >= 15 is 0 Å². The highest BCUT2D eigenvalue weighted by molar-refractivity contribution is 7.21. The van der Waals surface area contributed by atoms with Crippen LogP contribution in [0, 0.1) is 0 Å². The molecule has 0 bridgehead atoms. The zero-order valence-corrected chi connectivity index (χ0v) is 12.5. The predicted molar refractivity (Wildman–Crippen MR) is 83.2 cm³/mol. The van der Waals surface area contributed by atoms with Gasteiger partial charge >= 0.3 is 0 Å². The summed E-state index contributed by atoms with van der Waals surface area (Å²) in [5, 5.41) is 4.90. The number of rotatable bonds is 4. The molecule has 21 heavy (non-hydrogen) atoms. The normalized spacial score (nSPS) is 11.4. The quantitative estimate of drug-likeness (QED) is 0.629. The van der Waals surface area contributed by atoms with Crippen molar-refractivity contribution in [1.29, 1.82) is 0 Å². The molecule has 0 aliphatic carbocycles. The van der Waals surface area contributed by atoms with Crippen LogP contribution >= 0.6 is 22.7 Å². The van der Waals surface area contributed by atoms with E-state index in [1.54, 1.807) is 17.6 Å². The fourth-order valence-corrected chi connectivity index (χ4v) is 3.92. The van der Waals surface area contributed by atoms with Gasteiger partial charge in [-0.2, -0.15) is 0 Å². The van der Waals surface area contributed by atoms with Crippen molar-refractivity contribution < 1.29 is 9.21 Å². The van der Waals surface area contributed by atoms with Crippen molar-refractivity contribution in [1.82, 2.24) is 14.7 Å². The molecule has 7 heteroatoms. The number of nitrogens with one attached hydrogen (secondary N) is 1. The molecule has 0 fully saturated rings. The average molecular weight is 317 g/mol. The van der Waals surface area contributed by atoms with E-state index in [2.05, 4.69) is 10.3 Å². The molecule has 0 aromatic carbocycles. The first kappa shape index (κ1) is 12.6. The number of hydrogen-bond donors (Lipinski definition) is 1. The summed E-state index contributed by atoms with van der Waals surface area (Å²) in [4.78, 5) is 19.2. The predicted octanol–water partition coefficient (Wildman–Crippen LogP) is 3.18. The van der Waals surface area contributed by atoms with Gasteiger partial charge in [0.25, 0.3) is 5.91 Å². The van der Waals surface area contributed by atoms with E-state index in [0.717, 1.165) is 21.1 Å². The van der Waals surface area contributed by atoms with Crippen LogP contribution in [0.5, 0.6) is 0 Å². The first-order valence-corrected chi connectivity index (χ1v) is 8.16. The molecule has 0 saturated heterocycles.